The maximum Gasteiger partial charge on any atom is 0.270 e. The molecule has 7 heteroatoms. The summed E-state index contributed by atoms with van der Waals surface area (Å²) in [6, 6.07) is 11.9. The van der Waals surface area contributed by atoms with Gasteiger partial charge in [-0.15, -0.1) is 0 Å². The number of carbonyl (C=O) groups excluding carboxylic acids is 1. The molecule has 3 aromatic rings. The lowest BCUT2D eigenvalue weighted by molar-refractivity contribution is 0.0949. The minimum absolute atomic E-state index is 0.175. The third-order valence-electron chi connectivity index (χ3n) is 3.46. The molecule has 126 valence electrons. The number of phenolic OH excluding ortho intramolecular Hbond substituents is 1. The minimum Gasteiger partial charge on any atom is -0.508 e. The predicted octanol–water partition coefficient (Wildman–Crippen LogP) is 2.29. The predicted molar refractivity (Wildman–Crippen MR) is 93.7 cm³/mol. The van der Waals surface area contributed by atoms with Crippen LogP contribution >= 0.6 is 0 Å². The summed E-state index contributed by atoms with van der Waals surface area (Å²) in [4.78, 5) is 24.5. The molecule has 0 saturated carbocycles. The molecule has 1 aromatic carbocycles. The van der Waals surface area contributed by atoms with Crippen LogP contribution in [0.3, 0.4) is 0 Å². The number of carbonyl (C=O) groups is 1. The molecule has 0 aliphatic carbocycles. The first kappa shape index (κ1) is 16.4. The molecule has 0 saturated heterocycles. The Bertz CT molecular complexity index is 838. The van der Waals surface area contributed by atoms with Gasteiger partial charge in [-0.3, -0.25) is 9.78 Å². The van der Waals surface area contributed by atoms with E-state index in [0.29, 0.717) is 18.2 Å². The Kier molecular flexibility index (Phi) is 5.16. The van der Waals surface area contributed by atoms with Gasteiger partial charge in [0.2, 0.25) is 5.95 Å². The number of hydrogen-bond acceptors (Lipinski definition) is 6. The van der Waals surface area contributed by atoms with Crippen molar-refractivity contribution in [1.29, 1.82) is 0 Å². The normalized spacial score (nSPS) is 10.2. The van der Waals surface area contributed by atoms with Crippen LogP contribution < -0.4 is 10.6 Å². The maximum absolute atomic E-state index is 12.2. The summed E-state index contributed by atoms with van der Waals surface area (Å²) in [5.74, 6) is 0.228. The van der Waals surface area contributed by atoms with Crippen molar-refractivity contribution >= 4 is 17.5 Å². The average Bonchev–Trinajstić information content (AvgIpc) is 2.65. The molecule has 2 aromatic heterocycles. The molecular formula is C18H17N5O2. The van der Waals surface area contributed by atoms with E-state index in [1.807, 2.05) is 12.1 Å². The molecule has 3 rings (SSSR count). The Morgan fingerprint density at radius 2 is 1.76 bits per heavy atom. The van der Waals surface area contributed by atoms with Crippen LogP contribution in [0.2, 0.25) is 0 Å². The fourth-order valence-electron chi connectivity index (χ4n) is 2.18. The van der Waals surface area contributed by atoms with Gasteiger partial charge in [0, 0.05) is 30.8 Å². The Hall–Kier alpha value is -3.48. The van der Waals surface area contributed by atoms with E-state index < -0.39 is 0 Å². The van der Waals surface area contributed by atoms with Crippen molar-refractivity contribution < 1.29 is 9.90 Å². The van der Waals surface area contributed by atoms with Gasteiger partial charge in [-0.05, 0) is 54.4 Å². The van der Waals surface area contributed by atoms with E-state index >= 15 is 0 Å². The van der Waals surface area contributed by atoms with E-state index in [1.54, 1.807) is 42.7 Å². The minimum atomic E-state index is -0.259. The van der Waals surface area contributed by atoms with E-state index in [1.165, 1.54) is 6.20 Å². The third-order valence-corrected chi connectivity index (χ3v) is 3.46. The van der Waals surface area contributed by atoms with Crippen LogP contribution in [0.5, 0.6) is 5.75 Å². The molecule has 0 bridgehead atoms. The van der Waals surface area contributed by atoms with E-state index in [0.717, 1.165) is 12.0 Å². The Morgan fingerprint density at radius 3 is 2.52 bits per heavy atom. The fourth-order valence-corrected chi connectivity index (χ4v) is 2.18. The number of nitrogens with zero attached hydrogens (tertiary/aromatic N) is 3. The van der Waals surface area contributed by atoms with Gasteiger partial charge in [0.15, 0.2) is 0 Å². The van der Waals surface area contributed by atoms with Crippen LogP contribution in [0.1, 0.15) is 16.1 Å². The number of hydrogen-bond donors (Lipinski definition) is 3. The third kappa shape index (κ3) is 4.74. The van der Waals surface area contributed by atoms with Gasteiger partial charge in [-0.1, -0.05) is 0 Å². The SMILES string of the molecule is O=C(NCCc1ccncc1)c1ccnc(Nc2ccc(O)cc2)n1. The van der Waals surface area contributed by atoms with Gasteiger partial charge < -0.3 is 15.7 Å². The van der Waals surface area contributed by atoms with Gasteiger partial charge in [0.1, 0.15) is 11.4 Å². The van der Waals surface area contributed by atoms with Crippen molar-refractivity contribution in [2.45, 2.75) is 6.42 Å². The smallest absolute Gasteiger partial charge is 0.270 e. The van der Waals surface area contributed by atoms with Crippen molar-refractivity contribution in [2.24, 2.45) is 0 Å². The second kappa shape index (κ2) is 7.87. The highest BCUT2D eigenvalue weighted by atomic mass is 16.3. The van der Waals surface area contributed by atoms with Crippen LogP contribution in [0.4, 0.5) is 11.6 Å². The first-order chi connectivity index (χ1) is 12.2. The van der Waals surface area contributed by atoms with Crippen LogP contribution in [0.15, 0.2) is 61.1 Å². The molecule has 25 heavy (non-hydrogen) atoms. The molecule has 0 spiro atoms. The number of pyridine rings is 1. The summed E-state index contributed by atoms with van der Waals surface area (Å²) in [5.41, 5.74) is 2.10. The summed E-state index contributed by atoms with van der Waals surface area (Å²) in [7, 11) is 0. The highest BCUT2D eigenvalue weighted by molar-refractivity contribution is 5.92. The number of phenols is 1. The first-order valence-corrected chi connectivity index (χ1v) is 7.77. The molecule has 0 atom stereocenters. The van der Waals surface area contributed by atoms with E-state index in [9.17, 15) is 9.90 Å². The van der Waals surface area contributed by atoms with Gasteiger partial charge in [0.05, 0.1) is 0 Å². The highest BCUT2D eigenvalue weighted by Crippen LogP contribution is 2.16. The summed E-state index contributed by atoms with van der Waals surface area (Å²) >= 11 is 0. The van der Waals surface area contributed by atoms with Gasteiger partial charge in [-0.2, -0.15) is 0 Å². The largest absolute Gasteiger partial charge is 0.508 e. The second-order valence-corrected chi connectivity index (χ2v) is 5.30. The zero-order valence-corrected chi connectivity index (χ0v) is 13.4. The average molecular weight is 335 g/mol. The standard InChI is InChI=1S/C18H17N5O2/c24-15-3-1-14(2-4-15)22-18-21-12-8-16(23-18)17(25)20-11-7-13-5-9-19-10-6-13/h1-6,8-10,12,24H,7,11H2,(H,20,25)(H,21,22,23). The number of aromatic hydroxyl groups is 1. The quantitative estimate of drug-likeness (QED) is 0.598. The zero-order valence-electron chi connectivity index (χ0n) is 13.4. The van der Waals surface area contributed by atoms with Gasteiger partial charge >= 0.3 is 0 Å². The van der Waals surface area contributed by atoms with Gasteiger partial charge in [-0.25, -0.2) is 9.97 Å². The molecule has 1 amide bonds. The van der Waals surface area contributed by atoms with Crippen LogP contribution in [0.25, 0.3) is 0 Å². The molecule has 3 N–H and O–H groups in total. The lowest BCUT2D eigenvalue weighted by Gasteiger charge is -2.07. The van der Waals surface area contributed by atoms with E-state index in [2.05, 4.69) is 25.6 Å². The van der Waals surface area contributed by atoms with E-state index in [-0.39, 0.29) is 17.4 Å². The maximum atomic E-state index is 12.2. The zero-order chi connectivity index (χ0) is 17.5. The fraction of sp³-hybridized carbons (Fsp3) is 0.111. The Morgan fingerprint density at radius 1 is 1.00 bits per heavy atom. The molecule has 0 aliphatic rings. The van der Waals surface area contributed by atoms with Crippen LogP contribution in [-0.4, -0.2) is 32.5 Å². The number of rotatable bonds is 6. The Labute approximate surface area is 144 Å². The number of aromatic nitrogens is 3. The monoisotopic (exact) mass is 335 g/mol. The topological polar surface area (TPSA) is 100 Å². The molecule has 0 unspecified atom stereocenters. The van der Waals surface area contributed by atoms with Crippen molar-refractivity contribution in [3.05, 3.63) is 72.3 Å². The lowest BCUT2D eigenvalue weighted by atomic mass is 10.2. The van der Waals surface area contributed by atoms with Gasteiger partial charge in [0.25, 0.3) is 5.91 Å². The molecule has 2 heterocycles. The highest BCUT2D eigenvalue weighted by Gasteiger charge is 2.08. The van der Waals surface area contributed by atoms with Crippen molar-refractivity contribution in [3.8, 4) is 5.75 Å². The second-order valence-electron chi connectivity index (χ2n) is 5.30. The van der Waals surface area contributed by atoms with Crippen molar-refractivity contribution in [3.63, 3.8) is 0 Å². The summed E-state index contributed by atoms with van der Waals surface area (Å²) in [6.45, 7) is 0.508. The lowest BCUT2D eigenvalue weighted by Crippen LogP contribution is -2.26. The number of anilines is 2. The summed E-state index contributed by atoms with van der Waals surface area (Å²) in [6.07, 6.45) is 5.69. The van der Waals surface area contributed by atoms with Crippen LogP contribution in [0, 0.1) is 0 Å². The molecule has 0 aliphatic heterocycles. The first-order valence-electron chi connectivity index (χ1n) is 7.77. The molecular weight excluding hydrogens is 318 g/mol. The van der Waals surface area contributed by atoms with Crippen LogP contribution in [-0.2, 0) is 6.42 Å². The molecule has 7 nitrogen and oxygen atoms in total. The summed E-state index contributed by atoms with van der Waals surface area (Å²) < 4.78 is 0. The van der Waals surface area contributed by atoms with Crippen molar-refractivity contribution in [1.82, 2.24) is 20.3 Å². The Balaban J connectivity index is 1.58. The van der Waals surface area contributed by atoms with Crippen molar-refractivity contribution in [2.75, 3.05) is 11.9 Å². The number of nitrogens with one attached hydrogen (secondary N) is 2. The molecule has 0 radical (unpaired) electrons. The van der Waals surface area contributed by atoms with E-state index in [4.69, 9.17) is 0 Å². The number of benzene rings is 1. The molecule has 0 fully saturated rings. The number of amides is 1. The summed E-state index contributed by atoms with van der Waals surface area (Å²) in [5, 5.41) is 15.1.